The Morgan fingerprint density at radius 2 is 2.00 bits per heavy atom. The summed E-state index contributed by atoms with van der Waals surface area (Å²) in [4.78, 5) is 22.1. The number of thiophene rings is 1. The van der Waals surface area contributed by atoms with Gasteiger partial charge in [0.05, 0.1) is 44.7 Å². The summed E-state index contributed by atoms with van der Waals surface area (Å²) in [7, 11) is 0. The lowest BCUT2D eigenvalue weighted by Crippen LogP contribution is -2.27. The lowest BCUT2D eigenvalue weighted by Gasteiger charge is -2.20. The second-order valence-electron chi connectivity index (χ2n) is 7.90. The molecule has 4 aromatic rings. The van der Waals surface area contributed by atoms with Gasteiger partial charge in [0.2, 0.25) is 5.95 Å². The molecule has 0 saturated carbocycles. The molecular weight excluding hydrogens is 445 g/mol. The molecule has 1 amide bonds. The predicted octanol–water partition coefficient (Wildman–Crippen LogP) is 5.10. The van der Waals surface area contributed by atoms with Gasteiger partial charge in [0.25, 0.3) is 5.91 Å². The van der Waals surface area contributed by atoms with E-state index in [2.05, 4.69) is 15.3 Å². The number of aromatic nitrogens is 3. The molecule has 0 saturated heterocycles. The topological polar surface area (TPSA) is 93.2 Å². The van der Waals surface area contributed by atoms with Crippen LogP contribution in [0.3, 0.4) is 0 Å². The maximum absolute atomic E-state index is 13.1. The van der Waals surface area contributed by atoms with E-state index in [0.29, 0.717) is 26.9 Å². The summed E-state index contributed by atoms with van der Waals surface area (Å²) < 4.78 is 46.3. The lowest BCUT2D eigenvalue weighted by atomic mass is 10.1. The highest BCUT2D eigenvalue weighted by molar-refractivity contribution is 7.17. The zero-order chi connectivity index (χ0) is 23.3. The van der Waals surface area contributed by atoms with Crippen molar-refractivity contribution in [2.45, 2.75) is 39.1 Å². The molecule has 1 aromatic carbocycles. The monoisotopic (exact) mass is 464 g/mol. The van der Waals surface area contributed by atoms with Gasteiger partial charge in [0.15, 0.2) is 11.7 Å². The Morgan fingerprint density at radius 3 is 2.62 bits per heavy atom. The Balaban J connectivity index is 1.68. The van der Waals surface area contributed by atoms with Crippen molar-refractivity contribution in [1.29, 1.82) is 0 Å². The zero-order valence-electron chi connectivity index (χ0n) is 17.3. The van der Waals surface area contributed by atoms with Crippen LogP contribution in [0.25, 0.3) is 21.7 Å². The molecule has 7 nitrogen and oxygen atoms in total. The van der Waals surface area contributed by atoms with Crippen molar-refractivity contribution < 1.29 is 27.5 Å². The summed E-state index contributed by atoms with van der Waals surface area (Å²) in [5, 5.41) is 12.9. The number of halogens is 3. The van der Waals surface area contributed by atoms with Crippen LogP contribution in [0.15, 0.2) is 40.9 Å². The van der Waals surface area contributed by atoms with Crippen LogP contribution in [0.4, 0.5) is 19.1 Å². The fourth-order valence-electron chi connectivity index (χ4n) is 3.18. The van der Waals surface area contributed by atoms with Crippen molar-refractivity contribution in [3.8, 4) is 10.6 Å². The average Bonchev–Trinajstić information content (AvgIpc) is 3.39. The molecule has 4 rings (SSSR count). The third-order valence-corrected chi connectivity index (χ3v) is 5.64. The van der Waals surface area contributed by atoms with E-state index < -0.39 is 23.2 Å². The second kappa shape index (κ2) is 7.75. The molecule has 0 aliphatic heterocycles. The van der Waals surface area contributed by atoms with Crippen LogP contribution in [-0.2, 0) is 12.7 Å². The van der Waals surface area contributed by atoms with Crippen molar-refractivity contribution in [2.75, 3.05) is 5.32 Å². The summed E-state index contributed by atoms with van der Waals surface area (Å²) in [5.74, 6) is 0.580. The Labute approximate surface area is 184 Å². The van der Waals surface area contributed by atoms with E-state index in [4.69, 9.17) is 4.42 Å². The van der Waals surface area contributed by atoms with Crippen molar-refractivity contribution in [3.63, 3.8) is 0 Å². The first kappa shape index (κ1) is 22.0. The van der Waals surface area contributed by atoms with Crippen LogP contribution >= 0.6 is 11.3 Å². The number of anilines is 1. The number of benzene rings is 1. The summed E-state index contributed by atoms with van der Waals surface area (Å²) in [5.41, 5.74) is -1.63. The maximum atomic E-state index is 13.1. The van der Waals surface area contributed by atoms with E-state index in [0.717, 1.165) is 12.1 Å². The van der Waals surface area contributed by atoms with E-state index >= 15 is 0 Å². The molecule has 0 fully saturated rings. The SMILES string of the molecule is Cc1ncc(-c2ccc(C(=O)Nc3nc4cc(C(F)(F)F)ccc4n3CC(C)(C)O)s2)o1. The smallest absolute Gasteiger partial charge is 0.416 e. The lowest BCUT2D eigenvalue weighted by molar-refractivity contribution is -0.137. The van der Waals surface area contributed by atoms with E-state index in [1.54, 1.807) is 39.1 Å². The highest BCUT2D eigenvalue weighted by atomic mass is 32.1. The highest BCUT2D eigenvalue weighted by Crippen LogP contribution is 2.33. The zero-order valence-corrected chi connectivity index (χ0v) is 18.1. The van der Waals surface area contributed by atoms with Crippen LogP contribution < -0.4 is 5.32 Å². The van der Waals surface area contributed by atoms with Gasteiger partial charge in [-0.1, -0.05) is 0 Å². The van der Waals surface area contributed by atoms with E-state index in [9.17, 15) is 23.1 Å². The van der Waals surface area contributed by atoms with Gasteiger partial charge in [-0.2, -0.15) is 13.2 Å². The summed E-state index contributed by atoms with van der Waals surface area (Å²) in [6, 6.07) is 6.47. The number of carbonyl (C=O) groups is 1. The number of hydrogen-bond donors (Lipinski definition) is 2. The first-order valence-electron chi connectivity index (χ1n) is 9.54. The first-order valence-corrected chi connectivity index (χ1v) is 10.4. The van der Waals surface area contributed by atoms with Crippen LogP contribution in [0.2, 0.25) is 0 Å². The molecule has 3 heterocycles. The second-order valence-corrected chi connectivity index (χ2v) is 8.98. The van der Waals surface area contributed by atoms with Gasteiger partial charge in [0.1, 0.15) is 0 Å². The minimum absolute atomic E-state index is 0.0114. The molecule has 32 heavy (non-hydrogen) atoms. The van der Waals surface area contributed by atoms with Crippen LogP contribution in [0.5, 0.6) is 0 Å². The molecule has 0 spiro atoms. The quantitative estimate of drug-likeness (QED) is 0.429. The fraction of sp³-hybridized carbons (Fsp3) is 0.286. The number of nitrogens with zero attached hydrogens (tertiary/aromatic N) is 3. The Hall–Kier alpha value is -3.18. The summed E-state index contributed by atoms with van der Waals surface area (Å²) in [6.07, 6.45) is -2.96. The summed E-state index contributed by atoms with van der Waals surface area (Å²) >= 11 is 1.18. The van der Waals surface area contributed by atoms with Gasteiger partial charge >= 0.3 is 6.18 Å². The Kier molecular flexibility index (Phi) is 5.33. The van der Waals surface area contributed by atoms with E-state index in [1.807, 2.05) is 0 Å². The number of amides is 1. The van der Waals surface area contributed by atoms with Crippen molar-refractivity contribution in [1.82, 2.24) is 14.5 Å². The first-order chi connectivity index (χ1) is 14.9. The molecule has 0 unspecified atom stereocenters. The van der Waals surface area contributed by atoms with Crippen LogP contribution in [-0.4, -0.2) is 31.1 Å². The number of oxazole rings is 1. The van der Waals surface area contributed by atoms with E-state index in [1.165, 1.54) is 22.0 Å². The van der Waals surface area contributed by atoms with Crippen molar-refractivity contribution in [3.05, 3.63) is 52.9 Å². The normalized spacial score (nSPS) is 12.5. The molecule has 0 radical (unpaired) electrons. The van der Waals surface area contributed by atoms with Gasteiger partial charge in [-0.25, -0.2) is 9.97 Å². The number of nitrogens with one attached hydrogen (secondary N) is 1. The molecule has 11 heteroatoms. The van der Waals surface area contributed by atoms with Crippen molar-refractivity contribution >= 4 is 34.2 Å². The Morgan fingerprint density at radius 1 is 1.25 bits per heavy atom. The molecule has 168 valence electrons. The minimum Gasteiger partial charge on any atom is -0.440 e. The van der Waals surface area contributed by atoms with Gasteiger partial charge in [-0.15, -0.1) is 11.3 Å². The molecule has 2 N–H and O–H groups in total. The van der Waals surface area contributed by atoms with Gasteiger partial charge in [0, 0.05) is 6.92 Å². The van der Waals surface area contributed by atoms with Crippen LogP contribution in [0.1, 0.15) is 35.0 Å². The number of aliphatic hydroxyl groups is 1. The number of alkyl halides is 3. The highest BCUT2D eigenvalue weighted by Gasteiger charge is 2.31. The number of fused-ring (bicyclic) bond motifs is 1. The Bertz CT molecular complexity index is 1300. The van der Waals surface area contributed by atoms with Crippen LogP contribution in [0, 0.1) is 6.92 Å². The number of hydrogen-bond acceptors (Lipinski definition) is 6. The molecule has 0 bridgehead atoms. The van der Waals surface area contributed by atoms with Gasteiger partial charge in [-0.05, 0) is 44.2 Å². The maximum Gasteiger partial charge on any atom is 0.416 e. The standard InChI is InChI=1S/C21H19F3N4O3S/c1-11-25-9-15(31-11)16-6-7-17(32-16)18(29)27-19-26-13-8-12(21(22,23)24)4-5-14(13)28(19)10-20(2,3)30/h4-9,30H,10H2,1-3H3,(H,26,27,29). The number of aryl methyl sites for hydroxylation is 1. The number of carbonyl (C=O) groups excluding carboxylic acids is 1. The largest absolute Gasteiger partial charge is 0.440 e. The molecule has 0 aliphatic carbocycles. The van der Waals surface area contributed by atoms with Gasteiger partial charge in [-0.3, -0.25) is 10.1 Å². The third-order valence-electron chi connectivity index (χ3n) is 4.54. The summed E-state index contributed by atoms with van der Waals surface area (Å²) in [6.45, 7) is 4.83. The fourth-order valence-corrected chi connectivity index (χ4v) is 4.03. The molecule has 0 aliphatic rings. The van der Waals surface area contributed by atoms with Crippen molar-refractivity contribution in [2.24, 2.45) is 0 Å². The molecular formula is C21H19F3N4O3S. The third kappa shape index (κ3) is 4.53. The molecule has 3 aromatic heterocycles. The number of rotatable bonds is 5. The minimum atomic E-state index is -4.52. The van der Waals surface area contributed by atoms with Gasteiger partial charge < -0.3 is 14.1 Å². The number of imidazole rings is 1. The van der Waals surface area contributed by atoms with E-state index in [-0.39, 0.29) is 18.0 Å². The predicted molar refractivity (Wildman–Crippen MR) is 114 cm³/mol. The molecule has 0 atom stereocenters. The average molecular weight is 464 g/mol.